The van der Waals surface area contributed by atoms with Crippen molar-refractivity contribution < 1.29 is 4.79 Å². The van der Waals surface area contributed by atoms with Gasteiger partial charge in [0, 0.05) is 24.5 Å². The van der Waals surface area contributed by atoms with Crippen LogP contribution in [0.3, 0.4) is 0 Å². The predicted molar refractivity (Wildman–Crippen MR) is 98.1 cm³/mol. The Morgan fingerprint density at radius 2 is 1.57 bits per heavy atom. The van der Waals surface area contributed by atoms with Crippen LogP contribution in [-0.2, 0) is 4.79 Å². The third-order valence-electron chi connectivity index (χ3n) is 4.19. The molecular weight excluding hydrogens is 284 g/mol. The summed E-state index contributed by atoms with van der Waals surface area (Å²) in [6, 6.07) is 18.0. The summed E-state index contributed by atoms with van der Waals surface area (Å²) in [5.74, 6) is -0.0621. The first-order chi connectivity index (χ1) is 11.2. The molecule has 3 nitrogen and oxygen atoms in total. The lowest BCUT2D eigenvalue weighted by atomic mass is 9.95. The van der Waals surface area contributed by atoms with Gasteiger partial charge in [-0.2, -0.15) is 0 Å². The molecule has 0 spiro atoms. The second kappa shape index (κ2) is 8.37. The first kappa shape index (κ1) is 17.1. The second-order valence-corrected chi connectivity index (χ2v) is 5.58. The van der Waals surface area contributed by atoms with Gasteiger partial charge in [0.15, 0.2) is 0 Å². The number of hydrogen-bond donors (Lipinski definition) is 1. The van der Waals surface area contributed by atoms with Crippen LogP contribution in [0.15, 0.2) is 54.6 Å². The van der Waals surface area contributed by atoms with Crippen molar-refractivity contribution in [2.75, 3.05) is 23.3 Å². The van der Waals surface area contributed by atoms with Gasteiger partial charge in [-0.3, -0.25) is 4.79 Å². The number of anilines is 2. The molecule has 0 fully saturated rings. The van der Waals surface area contributed by atoms with E-state index in [1.807, 2.05) is 49.4 Å². The molecule has 1 amide bonds. The molecule has 3 heteroatoms. The van der Waals surface area contributed by atoms with Crippen LogP contribution in [0.5, 0.6) is 0 Å². The summed E-state index contributed by atoms with van der Waals surface area (Å²) in [5.41, 5.74) is 3.09. The number of amides is 1. The highest BCUT2D eigenvalue weighted by Crippen LogP contribution is 2.23. The number of hydrogen-bond acceptors (Lipinski definition) is 2. The molecule has 1 atom stereocenters. The largest absolute Gasteiger partial charge is 0.372 e. The molecule has 122 valence electrons. The Bertz CT molecular complexity index is 603. The van der Waals surface area contributed by atoms with E-state index >= 15 is 0 Å². The van der Waals surface area contributed by atoms with Gasteiger partial charge in [0.25, 0.3) is 0 Å². The lowest BCUT2D eigenvalue weighted by Gasteiger charge is -2.21. The minimum absolute atomic E-state index is 0.0503. The Kier molecular flexibility index (Phi) is 6.21. The predicted octanol–water partition coefficient (Wildman–Crippen LogP) is 4.67. The van der Waals surface area contributed by atoms with Gasteiger partial charge in [-0.15, -0.1) is 0 Å². The average molecular weight is 310 g/mol. The average Bonchev–Trinajstić information content (AvgIpc) is 2.59. The molecule has 23 heavy (non-hydrogen) atoms. The standard InChI is InChI=1S/C20H26N2O/c1-4-19(16-10-8-7-9-11-16)20(23)21-17-12-14-18(15-13-17)22(5-2)6-3/h7-15,19H,4-6H2,1-3H3,(H,21,23)/t19-/m1/s1. The molecule has 0 aromatic heterocycles. The molecule has 0 heterocycles. The van der Waals surface area contributed by atoms with Crippen molar-refractivity contribution in [3.05, 3.63) is 60.2 Å². The topological polar surface area (TPSA) is 32.3 Å². The van der Waals surface area contributed by atoms with Gasteiger partial charge in [-0.05, 0) is 50.1 Å². The fourth-order valence-electron chi connectivity index (χ4n) is 2.83. The fraction of sp³-hybridized carbons (Fsp3) is 0.350. The number of nitrogens with zero attached hydrogens (tertiary/aromatic N) is 1. The summed E-state index contributed by atoms with van der Waals surface area (Å²) in [6.45, 7) is 8.29. The molecule has 0 aliphatic rings. The number of nitrogens with one attached hydrogen (secondary N) is 1. The SMILES string of the molecule is CC[C@@H](C(=O)Nc1ccc(N(CC)CC)cc1)c1ccccc1. The van der Waals surface area contributed by atoms with E-state index < -0.39 is 0 Å². The monoisotopic (exact) mass is 310 g/mol. The smallest absolute Gasteiger partial charge is 0.231 e. The molecule has 2 aromatic carbocycles. The second-order valence-electron chi connectivity index (χ2n) is 5.58. The van der Waals surface area contributed by atoms with Gasteiger partial charge in [-0.1, -0.05) is 37.3 Å². The van der Waals surface area contributed by atoms with Crippen LogP contribution in [0.2, 0.25) is 0 Å². The number of rotatable bonds is 7. The molecular formula is C20H26N2O. The zero-order chi connectivity index (χ0) is 16.7. The van der Waals surface area contributed by atoms with Crippen molar-refractivity contribution >= 4 is 17.3 Å². The molecule has 0 radical (unpaired) electrons. The molecule has 0 unspecified atom stereocenters. The van der Waals surface area contributed by atoms with Crippen molar-refractivity contribution in [1.82, 2.24) is 0 Å². The Morgan fingerprint density at radius 1 is 0.957 bits per heavy atom. The molecule has 0 aliphatic heterocycles. The van der Waals surface area contributed by atoms with Crippen molar-refractivity contribution in [3.63, 3.8) is 0 Å². The molecule has 2 rings (SSSR count). The van der Waals surface area contributed by atoms with Gasteiger partial charge in [0.1, 0.15) is 0 Å². The quantitative estimate of drug-likeness (QED) is 0.806. The highest BCUT2D eigenvalue weighted by Gasteiger charge is 2.18. The van der Waals surface area contributed by atoms with E-state index in [0.717, 1.165) is 30.8 Å². The van der Waals surface area contributed by atoms with Crippen molar-refractivity contribution in [2.45, 2.75) is 33.1 Å². The van der Waals surface area contributed by atoms with E-state index in [2.05, 4.69) is 36.2 Å². The van der Waals surface area contributed by atoms with Crippen molar-refractivity contribution in [1.29, 1.82) is 0 Å². The van der Waals surface area contributed by atoms with E-state index in [-0.39, 0.29) is 11.8 Å². The third kappa shape index (κ3) is 4.35. The maximum absolute atomic E-state index is 12.6. The minimum Gasteiger partial charge on any atom is -0.372 e. The van der Waals surface area contributed by atoms with E-state index in [9.17, 15) is 4.79 Å². The molecule has 0 saturated carbocycles. The Balaban J connectivity index is 2.07. The summed E-state index contributed by atoms with van der Waals surface area (Å²) in [7, 11) is 0. The van der Waals surface area contributed by atoms with Crippen LogP contribution in [0.4, 0.5) is 11.4 Å². The fourth-order valence-corrected chi connectivity index (χ4v) is 2.83. The van der Waals surface area contributed by atoms with Crippen LogP contribution in [-0.4, -0.2) is 19.0 Å². The molecule has 0 bridgehead atoms. The van der Waals surface area contributed by atoms with Gasteiger partial charge >= 0.3 is 0 Å². The van der Waals surface area contributed by atoms with E-state index in [1.165, 1.54) is 5.69 Å². The van der Waals surface area contributed by atoms with Crippen LogP contribution >= 0.6 is 0 Å². The normalized spacial score (nSPS) is 11.8. The summed E-state index contributed by atoms with van der Waals surface area (Å²) in [5, 5.41) is 3.04. The summed E-state index contributed by atoms with van der Waals surface area (Å²) >= 11 is 0. The Morgan fingerprint density at radius 3 is 2.09 bits per heavy atom. The number of carbonyl (C=O) groups excluding carboxylic acids is 1. The van der Waals surface area contributed by atoms with E-state index in [0.29, 0.717) is 0 Å². The van der Waals surface area contributed by atoms with Crippen LogP contribution < -0.4 is 10.2 Å². The van der Waals surface area contributed by atoms with Crippen molar-refractivity contribution in [2.24, 2.45) is 0 Å². The molecule has 2 aromatic rings. The highest BCUT2D eigenvalue weighted by molar-refractivity contribution is 5.95. The maximum Gasteiger partial charge on any atom is 0.231 e. The number of benzene rings is 2. The van der Waals surface area contributed by atoms with Gasteiger partial charge in [0.2, 0.25) is 5.91 Å². The van der Waals surface area contributed by atoms with Crippen molar-refractivity contribution in [3.8, 4) is 0 Å². The van der Waals surface area contributed by atoms with Crippen LogP contribution in [0, 0.1) is 0 Å². The summed E-state index contributed by atoms with van der Waals surface area (Å²) in [4.78, 5) is 14.8. The van der Waals surface area contributed by atoms with E-state index in [1.54, 1.807) is 0 Å². The van der Waals surface area contributed by atoms with Gasteiger partial charge < -0.3 is 10.2 Å². The summed E-state index contributed by atoms with van der Waals surface area (Å²) in [6.07, 6.45) is 0.785. The first-order valence-electron chi connectivity index (χ1n) is 8.40. The zero-order valence-electron chi connectivity index (χ0n) is 14.3. The number of carbonyl (C=O) groups is 1. The molecule has 1 N–H and O–H groups in total. The zero-order valence-corrected chi connectivity index (χ0v) is 14.3. The van der Waals surface area contributed by atoms with Gasteiger partial charge in [-0.25, -0.2) is 0 Å². The Labute approximate surface area is 139 Å². The maximum atomic E-state index is 12.6. The van der Waals surface area contributed by atoms with E-state index in [4.69, 9.17) is 0 Å². The lowest BCUT2D eigenvalue weighted by Crippen LogP contribution is -2.22. The Hall–Kier alpha value is -2.29. The lowest BCUT2D eigenvalue weighted by molar-refractivity contribution is -0.117. The van der Waals surface area contributed by atoms with Crippen LogP contribution in [0.25, 0.3) is 0 Å². The summed E-state index contributed by atoms with van der Waals surface area (Å²) < 4.78 is 0. The third-order valence-corrected chi connectivity index (χ3v) is 4.19. The minimum atomic E-state index is -0.112. The molecule has 0 saturated heterocycles. The van der Waals surface area contributed by atoms with Crippen LogP contribution in [0.1, 0.15) is 38.7 Å². The first-order valence-corrected chi connectivity index (χ1v) is 8.40. The molecule has 0 aliphatic carbocycles. The highest BCUT2D eigenvalue weighted by atomic mass is 16.1. The van der Waals surface area contributed by atoms with Gasteiger partial charge in [0.05, 0.1) is 5.92 Å².